The van der Waals surface area contributed by atoms with E-state index in [1.807, 2.05) is 58.1 Å². The van der Waals surface area contributed by atoms with Gasteiger partial charge in [0.1, 0.15) is 5.82 Å². The number of hydrogen-bond acceptors (Lipinski definition) is 2. The van der Waals surface area contributed by atoms with Gasteiger partial charge in [-0.25, -0.2) is 9.48 Å². The van der Waals surface area contributed by atoms with Gasteiger partial charge in [-0.3, -0.25) is 0 Å². The SMILES string of the molecule is CCc1nn(-c2ccccc2)c2c1CN(C(=O)NCc1ccccc1)[C@H](c1cccc(C)c1)c1cccn1-2. The fraction of sp³-hybridized carbons (Fsp3) is 0.188. The number of para-hydroxylation sites is 1. The number of carbonyl (C=O) groups excluding carboxylic acids is 1. The maximum atomic E-state index is 14.0. The molecule has 1 aliphatic heterocycles. The molecule has 6 nitrogen and oxygen atoms in total. The van der Waals surface area contributed by atoms with E-state index in [1.165, 1.54) is 0 Å². The van der Waals surface area contributed by atoms with Crippen LogP contribution >= 0.6 is 0 Å². The van der Waals surface area contributed by atoms with Crippen molar-refractivity contribution < 1.29 is 4.79 Å². The molecule has 6 heteroatoms. The fourth-order valence-electron chi connectivity index (χ4n) is 5.41. The first kappa shape index (κ1) is 23.8. The number of hydrogen-bond donors (Lipinski definition) is 1. The van der Waals surface area contributed by atoms with Crippen LogP contribution in [-0.2, 0) is 19.5 Å². The first-order valence-corrected chi connectivity index (χ1v) is 13.1. The molecule has 3 aromatic carbocycles. The average Bonchev–Trinajstić information content (AvgIpc) is 3.54. The van der Waals surface area contributed by atoms with Crippen LogP contribution in [0.25, 0.3) is 11.5 Å². The van der Waals surface area contributed by atoms with Crippen molar-refractivity contribution in [2.75, 3.05) is 0 Å². The molecule has 1 N–H and O–H groups in total. The molecule has 0 aliphatic carbocycles. The van der Waals surface area contributed by atoms with Crippen molar-refractivity contribution in [1.29, 1.82) is 0 Å². The number of urea groups is 1. The van der Waals surface area contributed by atoms with Crippen LogP contribution in [0.3, 0.4) is 0 Å². The van der Waals surface area contributed by atoms with Crippen LogP contribution in [0.15, 0.2) is 103 Å². The third-order valence-corrected chi connectivity index (χ3v) is 7.21. The second-order valence-corrected chi connectivity index (χ2v) is 9.74. The first-order valence-electron chi connectivity index (χ1n) is 13.1. The zero-order chi connectivity index (χ0) is 26.1. The summed E-state index contributed by atoms with van der Waals surface area (Å²) in [4.78, 5) is 16.0. The standard InChI is InChI=1S/C32H31N5O/c1-3-28-27-22-36(32(38)33-21-24-13-6-4-7-14-24)30(25-15-10-12-23(2)20-25)29-18-11-19-35(29)31(27)37(34-28)26-16-8-5-9-17-26/h4-20,30H,3,21-22H2,1-2H3,(H,33,38)/t30-/m1/s1. The molecular weight excluding hydrogens is 470 g/mol. The van der Waals surface area contributed by atoms with Gasteiger partial charge in [0, 0.05) is 18.3 Å². The van der Waals surface area contributed by atoms with Gasteiger partial charge in [0.25, 0.3) is 0 Å². The Kier molecular flexibility index (Phi) is 6.30. The first-order chi connectivity index (χ1) is 18.6. The minimum atomic E-state index is -0.262. The van der Waals surface area contributed by atoms with Crippen LogP contribution in [0, 0.1) is 6.92 Å². The summed E-state index contributed by atoms with van der Waals surface area (Å²) in [6.45, 7) is 5.13. The van der Waals surface area contributed by atoms with Crippen molar-refractivity contribution in [2.24, 2.45) is 0 Å². The Labute approximate surface area is 223 Å². The van der Waals surface area contributed by atoms with E-state index in [0.717, 1.165) is 51.6 Å². The lowest BCUT2D eigenvalue weighted by Crippen LogP contribution is -2.41. The van der Waals surface area contributed by atoms with Gasteiger partial charge >= 0.3 is 6.03 Å². The molecule has 1 atom stereocenters. The molecule has 1 aliphatic rings. The Morgan fingerprint density at radius 3 is 2.45 bits per heavy atom. The van der Waals surface area contributed by atoms with Gasteiger partial charge in [0.15, 0.2) is 0 Å². The van der Waals surface area contributed by atoms with Crippen molar-refractivity contribution in [2.45, 2.75) is 39.4 Å². The monoisotopic (exact) mass is 501 g/mol. The second kappa shape index (κ2) is 10.1. The van der Waals surface area contributed by atoms with Gasteiger partial charge < -0.3 is 14.8 Å². The van der Waals surface area contributed by atoms with Gasteiger partial charge in [0.05, 0.1) is 29.7 Å². The molecule has 0 saturated heterocycles. The fourth-order valence-corrected chi connectivity index (χ4v) is 5.41. The molecule has 190 valence electrons. The molecule has 0 bridgehead atoms. The van der Waals surface area contributed by atoms with Gasteiger partial charge in [-0.15, -0.1) is 0 Å². The summed E-state index contributed by atoms with van der Waals surface area (Å²) in [5, 5.41) is 8.23. The predicted molar refractivity (Wildman–Crippen MR) is 150 cm³/mol. The van der Waals surface area contributed by atoms with E-state index in [-0.39, 0.29) is 12.1 Å². The third kappa shape index (κ3) is 4.28. The summed E-state index contributed by atoms with van der Waals surface area (Å²) in [6.07, 6.45) is 2.86. The molecule has 0 unspecified atom stereocenters. The molecule has 38 heavy (non-hydrogen) atoms. The highest BCUT2D eigenvalue weighted by atomic mass is 16.2. The van der Waals surface area contributed by atoms with E-state index in [4.69, 9.17) is 5.10 Å². The molecular formula is C32H31N5O. The van der Waals surface area contributed by atoms with E-state index in [9.17, 15) is 4.79 Å². The molecule has 2 aromatic heterocycles. The molecule has 3 heterocycles. The van der Waals surface area contributed by atoms with Crippen molar-refractivity contribution in [3.63, 3.8) is 0 Å². The van der Waals surface area contributed by atoms with Crippen LogP contribution in [0.2, 0.25) is 0 Å². The predicted octanol–water partition coefficient (Wildman–Crippen LogP) is 6.35. The van der Waals surface area contributed by atoms with E-state index in [2.05, 4.69) is 78.5 Å². The number of carbonyl (C=O) groups is 1. The summed E-state index contributed by atoms with van der Waals surface area (Å²) in [5.41, 5.74) is 7.41. The highest BCUT2D eigenvalue weighted by Gasteiger charge is 2.36. The number of aromatic nitrogens is 3. The van der Waals surface area contributed by atoms with Crippen molar-refractivity contribution in [3.8, 4) is 11.5 Å². The molecule has 0 saturated carbocycles. The number of nitrogens with one attached hydrogen (secondary N) is 1. The smallest absolute Gasteiger partial charge is 0.318 e. The van der Waals surface area contributed by atoms with Gasteiger partial charge in [-0.2, -0.15) is 5.10 Å². The van der Waals surface area contributed by atoms with Gasteiger partial charge in [0.2, 0.25) is 0 Å². The summed E-state index contributed by atoms with van der Waals surface area (Å²) in [7, 11) is 0. The second-order valence-electron chi connectivity index (χ2n) is 9.74. The molecule has 5 aromatic rings. The van der Waals surface area contributed by atoms with Crippen LogP contribution < -0.4 is 5.32 Å². The molecule has 2 amide bonds. The maximum Gasteiger partial charge on any atom is 0.318 e. The largest absolute Gasteiger partial charge is 0.334 e. The Hall–Kier alpha value is -4.58. The summed E-state index contributed by atoms with van der Waals surface area (Å²) in [5.74, 6) is 0.990. The Morgan fingerprint density at radius 2 is 1.71 bits per heavy atom. The lowest BCUT2D eigenvalue weighted by atomic mass is 10.00. The van der Waals surface area contributed by atoms with Gasteiger partial charge in [-0.1, -0.05) is 85.3 Å². The van der Waals surface area contributed by atoms with Gasteiger partial charge in [-0.05, 0) is 48.7 Å². The number of rotatable bonds is 5. The summed E-state index contributed by atoms with van der Waals surface area (Å²) < 4.78 is 4.24. The molecule has 0 radical (unpaired) electrons. The normalized spacial score (nSPS) is 14.5. The summed E-state index contributed by atoms with van der Waals surface area (Å²) >= 11 is 0. The van der Waals surface area contributed by atoms with Crippen LogP contribution in [0.4, 0.5) is 4.79 Å². The lowest BCUT2D eigenvalue weighted by Gasteiger charge is -2.31. The topological polar surface area (TPSA) is 55.1 Å². The quantitative estimate of drug-likeness (QED) is 0.305. The number of nitrogens with zero attached hydrogens (tertiary/aromatic N) is 4. The molecule has 6 rings (SSSR count). The number of amides is 2. The third-order valence-electron chi connectivity index (χ3n) is 7.21. The van der Waals surface area contributed by atoms with Crippen molar-refractivity contribution >= 4 is 6.03 Å². The average molecular weight is 502 g/mol. The van der Waals surface area contributed by atoms with Crippen LogP contribution in [-0.4, -0.2) is 25.3 Å². The van der Waals surface area contributed by atoms with E-state index < -0.39 is 0 Å². The minimum absolute atomic E-state index is 0.101. The zero-order valence-corrected chi connectivity index (χ0v) is 21.7. The minimum Gasteiger partial charge on any atom is -0.334 e. The number of benzene rings is 3. The molecule has 0 spiro atoms. The van der Waals surface area contributed by atoms with E-state index in [0.29, 0.717) is 13.1 Å². The Balaban J connectivity index is 1.51. The highest BCUT2D eigenvalue weighted by molar-refractivity contribution is 5.76. The molecule has 0 fully saturated rings. The van der Waals surface area contributed by atoms with Crippen LogP contribution in [0.1, 0.15) is 46.6 Å². The van der Waals surface area contributed by atoms with Crippen molar-refractivity contribution in [3.05, 3.63) is 137 Å². The Morgan fingerprint density at radius 1 is 0.947 bits per heavy atom. The number of aryl methyl sites for hydroxylation is 2. The van der Waals surface area contributed by atoms with Crippen LogP contribution in [0.5, 0.6) is 0 Å². The van der Waals surface area contributed by atoms with E-state index in [1.54, 1.807) is 0 Å². The lowest BCUT2D eigenvalue weighted by molar-refractivity contribution is 0.180. The van der Waals surface area contributed by atoms with Crippen molar-refractivity contribution in [1.82, 2.24) is 24.6 Å². The maximum absolute atomic E-state index is 14.0. The summed E-state index contributed by atoms with van der Waals surface area (Å²) in [6, 6.07) is 32.5. The zero-order valence-electron chi connectivity index (χ0n) is 21.7. The number of fused-ring (bicyclic) bond motifs is 3. The highest BCUT2D eigenvalue weighted by Crippen LogP contribution is 2.38. The Bertz CT molecular complexity index is 1570. The van der Waals surface area contributed by atoms with E-state index >= 15 is 0 Å².